The molecule has 0 aliphatic carbocycles. The van der Waals surface area contributed by atoms with E-state index < -0.39 is 67.2 Å². The molecule has 0 radical (unpaired) electrons. The first kappa shape index (κ1) is 41.4. The zero-order chi connectivity index (χ0) is 36.4. The zero-order valence-electron chi connectivity index (χ0n) is 31.0. The van der Waals surface area contributed by atoms with Crippen molar-refractivity contribution in [3.05, 3.63) is 36.5 Å². The summed E-state index contributed by atoms with van der Waals surface area (Å²) in [6, 6.07) is -0.0564. The number of cyclic esters (lactones) is 1. The smallest absolute Gasteiger partial charge is 0.330 e. The number of quaternary nitrogens is 1. The quantitative estimate of drug-likeness (QED) is 0.305. The molecule has 3 rings (SSSR count). The Balaban J connectivity index is 1.85. The van der Waals surface area contributed by atoms with Crippen molar-refractivity contribution in [1.82, 2.24) is 0 Å². The molecular formula is C37H62NO11+. The number of ketones is 1. The number of hydrogen-bond acceptors (Lipinski definition) is 11. The van der Waals surface area contributed by atoms with Crippen molar-refractivity contribution in [2.24, 2.45) is 23.7 Å². The maximum Gasteiger partial charge on any atom is 0.330 e. The lowest BCUT2D eigenvalue weighted by atomic mass is 9.84. The van der Waals surface area contributed by atoms with Crippen molar-refractivity contribution < 1.29 is 57.9 Å². The van der Waals surface area contributed by atoms with Crippen LogP contribution >= 0.6 is 0 Å². The summed E-state index contributed by atoms with van der Waals surface area (Å²) in [5.74, 6) is -1.59. The molecule has 0 aromatic carbocycles. The Hall–Kier alpha value is -2.00. The number of methoxy groups -OCH3 is 2. The third kappa shape index (κ3) is 11.2. The summed E-state index contributed by atoms with van der Waals surface area (Å²) in [4.78, 5) is 27.6. The summed E-state index contributed by atoms with van der Waals surface area (Å²) in [5.41, 5.74) is 0. The standard InChI is InChI=1S/C37H61NO11/c1-11-29-26(20-45-37-35(44-10)34(43-9)31(41)25(6)47-37)14-12-13-15-28(39)22(3)18-23(4)33(21(2)16-17-30(40)48-29)49-36-32(42)27(38(7)8)19-24(5)46-36/h12-17,21-27,29,31-37,41-42H,11,18-20H2,1-10H3/p+1/b14-12+,15-13+,17-16+/t21-,22+,23-,24+,25+,26+,27-,29+,31+,32+,33+,34+,35+,36-,37+/m0/s1. The summed E-state index contributed by atoms with van der Waals surface area (Å²) in [5, 5.41) is 21.7. The molecule has 12 nitrogen and oxygen atoms in total. The lowest BCUT2D eigenvalue weighted by molar-refractivity contribution is -0.893. The van der Waals surface area contributed by atoms with Gasteiger partial charge in [-0.3, -0.25) is 4.79 Å². The van der Waals surface area contributed by atoms with Crippen molar-refractivity contribution in [1.29, 1.82) is 0 Å². The lowest BCUT2D eigenvalue weighted by Gasteiger charge is -2.42. The SMILES string of the molecule is CC[C@H]1OC(=O)/C=C/[C@H](C)[C@@H](O[C@@H]2O[C@H](C)C[C@H]([NH+](C)C)[C@H]2O)[C@@H](C)C[C@@H](C)C(=O)/C=C/C=C/[C@@H]1CO[C@@H]1O[C@H](C)[C@@H](O)[C@@H](OC)[C@H]1OC. The first-order valence-electron chi connectivity index (χ1n) is 17.8. The molecule has 0 saturated carbocycles. The highest BCUT2D eigenvalue weighted by Gasteiger charge is 2.46. The molecule has 3 N–H and O–H groups in total. The van der Waals surface area contributed by atoms with Gasteiger partial charge >= 0.3 is 5.97 Å². The van der Waals surface area contributed by atoms with Gasteiger partial charge in [0.05, 0.1) is 39.0 Å². The van der Waals surface area contributed by atoms with Crippen LogP contribution in [0.3, 0.4) is 0 Å². The number of nitrogens with one attached hydrogen (secondary N) is 1. The number of esters is 1. The maximum atomic E-state index is 13.3. The molecule has 0 bridgehead atoms. The fraction of sp³-hybridized carbons (Fsp3) is 0.784. The largest absolute Gasteiger partial charge is 0.459 e. The number of aliphatic hydroxyl groups excluding tert-OH is 2. The van der Waals surface area contributed by atoms with Crippen LogP contribution in [0.25, 0.3) is 0 Å². The average molecular weight is 697 g/mol. The van der Waals surface area contributed by atoms with Crippen molar-refractivity contribution in [3.8, 4) is 0 Å². The molecule has 3 aliphatic rings. The average Bonchev–Trinajstić information content (AvgIpc) is 3.06. The minimum Gasteiger partial charge on any atom is -0.459 e. The van der Waals surface area contributed by atoms with Crippen LogP contribution in [0.1, 0.15) is 60.8 Å². The van der Waals surface area contributed by atoms with E-state index in [2.05, 4.69) is 0 Å². The highest BCUT2D eigenvalue weighted by Crippen LogP contribution is 2.31. The van der Waals surface area contributed by atoms with E-state index >= 15 is 0 Å². The summed E-state index contributed by atoms with van der Waals surface area (Å²) >= 11 is 0. The number of aliphatic hydroxyl groups is 2. The van der Waals surface area contributed by atoms with Crippen LogP contribution in [-0.4, -0.2) is 124 Å². The Morgan fingerprint density at radius 3 is 2.18 bits per heavy atom. The molecule has 2 saturated heterocycles. The molecule has 0 unspecified atom stereocenters. The second-order valence-electron chi connectivity index (χ2n) is 14.3. The molecule has 0 aromatic heterocycles. The Morgan fingerprint density at radius 2 is 1.55 bits per heavy atom. The van der Waals surface area contributed by atoms with Crippen LogP contribution in [0.2, 0.25) is 0 Å². The second kappa shape index (κ2) is 19.6. The van der Waals surface area contributed by atoms with E-state index in [-0.39, 0.29) is 42.3 Å². The van der Waals surface area contributed by atoms with Crippen molar-refractivity contribution in [3.63, 3.8) is 0 Å². The Kier molecular flexibility index (Phi) is 16.5. The van der Waals surface area contributed by atoms with Crippen molar-refractivity contribution in [2.75, 3.05) is 34.9 Å². The molecule has 280 valence electrons. The van der Waals surface area contributed by atoms with Crippen LogP contribution in [0.15, 0.2) is 36.5 Å². The van der Waals surface area contributed by atoms with Gasteiger partial charge in [-0.15, -0.1) is 0 Å². The first-order chi connectivity index (χ1) is 23.2. The van der Waals surface area contributed by atoms with E-state index in [0.717, 1.165) is 4.90 Å². The van der Waals surface area contributed by atoms with Crippen LogP contribution in [0, 0.1) is 23.7 Å². The number of allylic oxidation sites excluding steroid dienone is 3. The van der Waals surface area contributed by atoms with Gasteiger partial charge in [0, 0.05) is 44.5 Å². The number of carbonyl (C=O) groups excluding carboxylic acids is 2. The summed E-state index contributed by atoms with van der Waals surface area (Å²) in [6.45, 7) is 11.6. The molecule has 2 fully saturated rings. The molecule has 0 amide bonds. The van der Waals surface area contributed by atoms with Crippen LogP contribution in [0.4, 0.5) is 0 Å². The number of hydrogen-bond donors (Lipinski definition) is 3. The molecule has 0 aromatic rings. The van der Waals surface area contributed by atoms with Gasteiger partial charge in [0.1, 0.15) is 30.5 Å². The van der Waals surface area contributed by atoms with Gasteiger partial charge < -0.3 is 48.3 Å². The van der Waals surface area contributed by atoms with E-state index in [1.54, 1.807) is 31.2 Å². The Bertz CT molecular complexity index is 1130. The normalized spacial score (nSPS) is 43.6. The van der Waals surface area contributed by atoms with E-state index in [4.69, 9.17) is 33.2 Å². The fourth-order valence-electron chi connectivity index (χ4n) is 7.14. The minimum absolute atomic E-state index is 0.0210. The van der Waals surface area contributed by atoms with E-state index in [1.807, 2.05) is 54.8 Å². The molecule has 3 heterocycles. The third-order valence-electron chi connectivity index (χ3n) is 10.1. The van der Waals surface area contributed by atoms with Crippen LogP contribution in [0.5, 0.6) is 0 Å². The number of rotatable bonds is 9. The highest BCUT2D eigenvalue weighted by atomic mass is 16.7. The van der Waals surface area contributed by atoms with Gasteiger partial charge in [0.15, 0.2) is 24.5 Å². The van der Waals surface area contributed by atoms with Crippen LogP contribution in [-0.2, 0) is 42.7 Å². The van der Waals surface area contributed by atoms with Crippen LogP contribution < -0.4 is 4.90 Å². The van der Waals surface area contributed by atoms with Crippen molar-refractivity contribution in [2.45, 2.75) is 128 Å². The number of ether oxygens (including phenoxy) is 7. The minimum atomic E-state index is -0.895. The fourth-order valence-corrected chi connectivity index (χ4v) is 7.14. The van der Waals surface area contributed by atoms with E-state index in [9.17, 15) is 19.8 Å². The van der Waals surface area contributed by atoms with E-state index in [1.165, 1.54) is 20.3 Å². The van der Waals surface area contributed by atoms with Gasteiger partial charge in [-0.05, 0) is 38.7 Å². The second-order valence-corrected chi connectivity index (χ2v) is 14.3. The molecule has 0 spiro atoms. The Morgan fingerprint density at radius 1 is 0.857 bits per heavy atom. The topological polar surface area (TPSA) is 144 Å². The zero-order valence-corrected chi connectivity index (χ0v) is 31.0. The van der Waals surface area contributed by atoms with Crippen molar-refractivity contribution >= 4 is 11.8 Å². The summed E-state index contributed by atoms with van der Waals surface area (Å²) in [7, 11) is 7.01. The van der Waals surface area contributed by atoms with Gasteiger partial charge in [0.25, 0.3) is 0 Å². The number of likely N-dealkylation sites (N-methyl/N-ethyl adjacent to an activating group) is 1. The molecule has 12 heteroatoms. The number of carbonyl (C=O) groups is 2. The predicted octanol–water partition coefficient (Wildman–Crippen LogP) is 2.02. The third-order valence-corrected chi connectivity index (χ3v) is 10.1. The first-order valence-corrected chi connectivity index (χ1v) is 17.8. The van der Waals surface area contributed by atoms with Gasteiger partial charge in [-0.25, -0.2) is 4.79 Å². The van der Waals surface area contributed by atoms with Gasteiger partial charge in [0.2, 0.25) is 0 Å². The Labute approximate surface area is 292 Å². The summed E-state index contributed by atoms with van der Waals surface area (Å²) < 4.78 is 41.8. The monoisotopic (exact) mass is 696 g/mol. The van der Waals surface area contributed by atoms with Gasteiger partial charge in [-0.2, -0.15) is 0 Å². The lowest BCUT2D eigenvalue weighted by Crippen LogP contribution is -3.12. The molecule has 15 atom stereocenters. The highest BCUT2D eigenvalue weighted by molar-refractivity contribution is 5.91. The van der Waals surface area contributed by atoms with Gasteiger partial charge in [-0.1, -0.05) is 52.0 Å². The molecule has 3 aliphatic heterocycles. The van der Waals surface area contributed by atoms with E-state index in [0.29, 0.717) is 19.3 Å². The molecular weight excluding hydrogens is 634 g/mol. The summed E-state index contributed by atoms with van der Waals surface area (Å²) in [6.07, 6.45) is 5.37. The predicted molar refractivity (Wildman–Crippen MR) is 183 cm³/mol. The molecule has 49 heavy (non-hydrogen) atoms. The maximum absolute atomic E-state index is 13.3.